The topological polar surface area (TPSA) is 92.7 Å². The summed E-state index contributed by atoms with van der Waals surface area (Å²) in [5, 5.41) is 8.60. The fraction of sp³-hybridized carbons (Fsp3) is 0.889. The molecule has 0 aromatic carbocycles. The number of nitrogens with one attached hydrogen (secondary N) is 1. The second-order valence-corrected chi connectivity index (χ2v) is 5.51. The predicted octanol–water partition coefficient (Wildman–Crippen LogP) is 0.0531. The summed E-state index contributed by atoms with van der Waals surface area (Å²) in [4.78, 5) is 10.5. The molecule has 0 bridgehead atoms. The fourth-order valence-corrected chi connectivity index (χ4v) is 2.01. The first-order valence-electron chi connectivity index (χ1n) is 5.08. The van der Waals surface area contributed by atoms with Crippen LogP contribution in [0.15, 0.2) is 0 Å². The van der Waals surface area contributed by atoms with E-state index in [4.69, 9.17) is 5.11 Å². The molecule has 0 aliphatic carbocycles. The van der Waals surface area contributed by atoms with Crippen LogP contribution >= 0.6 is 0 Å². The van der Waals surface area contributed by atoms with Crippen LogP contribution in [0.2, 0.25) is 0 Å². The standard InChI is InChI=1S/C9H19NO5S/c1-8(9(11)12)4-3-5-10-16(13,14)7-6-15-2/h8,10H,3-7H2,1-2H3,(H,11,12). The molecule has 0 aromatic rings. The second kappa shape index (κ2) is 7.59. The third kappa shape index (κ3) is 7.61. The minimum Gasteiger partial charge on any atom is -0.481 e. The molecule has 0 amide bonds. The molecule has 96 valence electrons. The van der Waals surface area contributed by atoms with Crippen molar-refractivity contribution in [1.29, 1.82) is 0 Å². The molecule has 0 heterocycles. The molecule has 6 nitrogen and oxygen atoms in total. The molecule has 0 saturated heterocycles. The van der Waals surface area contributed by atoms with Gasteiger partial charge in [-0.1, -0.05) is 6.92 Å². The first kappa shape index (κ1) is 15.3. The number of carbonyl (C=O) groups is 1. The van der Waals surface area contributed by atoms with Crippen LogP contribution in [0.25, 0.3) is 0 Å². The SMILES string of the molecule is COCCS(=O)(=O)NCCCC(C)C(=O)O. The van der Waals surface area contributed by atoms with E-state index in [2.05, 4.69) is 9.46 Å². The van der Waals surface area contributed by atoms with Gasteiger partial charge in [0, 0.05) is 13.7 Å². The highest BCUT2D eigenvalue weighted by atomic mass is 32.2. The zero-order chi connectivity index (χ0) is 12.6. The summed E-state index contributed by atoms with van der Waals surface area (Å²) in [5.74, 6) is -1.37. The lowest BCUT2D eigenvalue weighted by Crippen LogP contribution is -2.29. The van der Waals surface area contributed by atoms with Gasteiger partial charge in [0.2, 0.25) is 10.0 Å². The van der Waals surface area contributed by atoms with Crippen LogP contribution in [-0.4, -0.2) is 45.5 Å². The molecule has 2 N–H and O–H groups in total. The first-order chi connectivity index (χ1) is 7.39. The van der Waals surface area contributed by atoms with Crippen molar-refractivity contribution in [3.63, 3.8) is 0 Å². The zero-order valence-corrected chi connectivity index (χ0v) is 10.4. The molecule has 1 atom stereocenters. The number of hydrogen-bond donors (Lipinski definition) is 2. The minimum absolute atomic E-state index is 0.0714. The number of hydrogen-bond acceptors (Lipinski definition) is 4. The lowest BCUT2D eigenvalue weighted by Gasteiger charge is -2.07. The quantitative estimate of drug-likeness (QED) is 0.566. The van der Waals surface area contributed by atoms with Crippen molar-refractivity contribution >= 4 is 16.0 Å². The molecule has 0 rings (SSSR count). The van der Waals surface area contributed by atoms with Gasteiger partial charge in [-0.25, -0.2) is 13.1 Å². The van der Waals surface area contributed by atoms with E-state index in [-0.39, 0.29) is 18.9 Å². The third-order valence-electron chi connectivity index (χ3n) is 2.11. The number of carboxylic acids is 1. The average Bonchev–Trinajstić information content (AvgIpc) is 2.21. The van der Waals surface area contributed by atoms with Gasteiger partial charge in [-0.3, -0.25) is 4.79 Å². The van der Waals surface area contributed by atoms with Crippen molar-refractivity contribution in [2.45, 2.75) is 19.8 Å². The summed E-state index contributed by atoms with van der Waals surface area (Å²) >= 11 is 0. The molecule has 0 aliphatic rings. The largest absolute Gasteiger partial charge is 0.481 e. The van der Waals surface area contributed by atoms with Gasteiger partial charge in [-0.15, -0.1) is 0 Å². The van der Waals surface area contributed by atoms with Crippen molar-refractivity contribution in [2.24, 2.45) is 5.92 Å². The van der Waals surface area contributed by atoms with Gasteiger partial charge in [0.15, 0.2) is 0 Å². The Bertz CT molecular complexity index is 301. The van der Waals surface area contributed by atoms with E-state index in [1.807, 2.05) is 0 Å². The highest BCUT2D eigenvalue weighted by molar-refractivity contribution is 7.89. The van der Waals surface area contributed by atoms with Gasteiger partial charge in [0.25, 0.3) is 0 Å². The Hall–Kier alpha value is -0.660. The van der Waals surface area contributed by atoms with Crippen LogP contribution in [0, 0.1) is 5.92 Å². The molecule has 0 fully saturated rings. The smallest absolute Gasteiger partial charge is 0.306 e. The Labute approximate surface area is 96.0 Å². The van der Waals surface area contributed by atoms with E-state index < -0.39 is 21.9 Å². The monoisotopic (exact) mass is 253 g/mol. The molecule has 0 spiro atoms. The first-order valence-corrected chi connectivity index (χ1v) is 6.73. The Morgan fingerprint density at radius 1 is 1.50 bits per heavy atom. The van der Waals surface area contributed by atoms with Crippen molar-refractivity contribution < 1.29 is 23.1 Å². The Kier molecular flexibility index (Phi) is 7.27. The fourth-order valence-electron chi connectivity index (χ4n) is 1.02. The Balaban J connectivity index is 3.69. The maximum absolute atomic E-state index is 11.3. The average molecular weight is 253 g/mol. The van der Waals surface area contributed by atoms with Crippen molar-refractivity contribution in [2.75, 3.05) is 26.0 Å². The second-order valence-electron chi connectivity index (χ2n) is 3.59. The molecule has 1 unspecified atom stereocenters. The molecule has 0 aromatic heterocycles. The molecule has 0 radical (unpaired) electrons. The lowest BCUT2D eigenvalue weighted by atomic mass is 10.1. The van der Waals surface area contributed by atoms with Gasteiger partial charge in [0.05, 0.1) is 18.3 Å². The molecular weight excluding hydrogens is 234 g/mol. The predicted molar refractivity (Wildman–Crippen MR) is 59.7 cm³/mol. The summed E-state index contributed by atoms with van der Waals surface area (Å²) in [6.07, 6.45) is 0.974. The number of sulfonamides is 1. The van der Waals surface area contributed by atoms with Gasteiger partial charge in [0.1, 0.15) is 0 Å². The zero-order valence-electron chi connectivity index (χ0n) is 9.60. The maximum Gasteiger partial charge on any atom is 0.306 e. The Morgan fingerprint density at radius 2 is 2.12 bits per heavy atom. The summed E-state index contributed by atoms with van der Waals surface area (Å²) in [6.45, 7) is 2.02. The molecule has 16 heavy (non-hydrogen) atoms. The summed E-state index contributed by atoms with van der Waals surface area (Å²) in [5.41, 5.74) is 0. The third-order valence-corrected chi connectivity index (χ3v) is 3.46. The van der Waals surface area contributed by atoms with E-state index in [1.165, 1.54) is 7.11 Å². The van der Waals surface area contributed by atoms with E-state index in [1.54, 1.807) is 6.92 Å². The van der Waals surface area contributed by atoms with Crippen LogP contribution in [0.4, 0.5) is 0 Å². The van der Waals surface area contributed by atoms with Crippen molar-refractivity contribution in [1.82, 2.24) is 4.72 Å². The van der Waals surface area contributed by atoms with Crippen LogP contribution in [0.3, 0.4) is 0 Å². The molecule has 0 saturated carbocycles. The summed E-state index contributed by atoms with van der Waals surface area (Å²) in [7, 11) is -1.85. The Morgan fingerprint density at radius 3 is 2.62 bits per heavy atom. The summed E-state index contributed by atoms with van der Waals surface area (Å²) in [6, 6.07) is 0. The maximum atomic E-state index is 11.3. The van der Waals surface area contributed by atoms with Gasteiger partial charge in [-0.2, -0.15) is 0 Å². The molecular formula is C9H19NO5S. The van der Waals surface area contributed by atoms with E-state index >= 15 is 0 Å². The highest BCUT2D eigenvalue weighted by Gasteiger charge is 2.12. The van der Waals surface area contributed by atoms with Crippen LogP contribution < -0.4 is 4.72 Å². The van der Waals surface area contributed by atoms with Crippen LogP contribution in [0.5, 0.6) is 0 Å². The number of methoxy groups -OCH3 is 1. The lowest BCUT2D eigenvalue weighted by molar-refractivity contribution is -0.141. The van der Waals surface area contributed by atoms with Gasteiger partial charge >= 0.3 is 5.97 Å². The van der Waals surface area contributed by atoms with E-state index in [0.717, 1.165) is 0 Å². The van der Waals surface area contributed by atoms with Crippen LogP contribution in [0.1, 0.15) is 19.8 Å². The van der Waals surface area contributed by atoms with E-state index in [9.17, 15) is 13.2 Å². The molecule has 0 aliphatic heterocycles. The number of rotatable bonds is 9. The molecule has 7 heteroatoms. The number of aliphatic carboxylic acids is 1. The highest BCUT2D eigenvalue weighted by Crippen LogP contribution is 2.04. The van der Waals surface area contributed by atoms with Gasteiger partial charge in [-0.05, 0) is 12.8 Å². The number of ether oxygens (including phenoxy) is 1. The van der Waals surface area contributed by atoms with Gasteiger partial charge < -0.3 is 9.84 Å². The minimum atomic E-state index is -3.28. The van der Waals surface area contributed by atoms with Crippen LogP contribution in [-0.2, 0) is 19.6 Å². The normalized spacial score (nSPS) is 13.6. The van der Waals surface area contributed by atoms with E-state index in [0.29, 0.717) is 12.8 Å². The van der Waals surface area contributed by atoms with Crippen molar-refractivity contribution in [3.05, 3.63) is 0 Å². The van der Waals surface area contributed by atoms with Crippen molar-refractivity contribution in [3.8, 4) is 0 Å². The number of carboxylic acid groups (broad SMARTS) is 1. The summed E-state index contributed by atoms with van der Waals surface area (Å²) < 4.78 is 29.6.